The van der Waals surface area contributed by atoms with Gasteiger partial charge in [0.1, 0.15) is 0 Å². The van der Waals surface area contributed by atoms with Crippen LogP contribution in [0.15, 0.2) is 12.2 Å². The maximum atomic E-state index is 8.56. The van der Waals surface area contributed by atoms with Crippen LogP contribution in [0, 0.1) is 0 Å². The molecular weight excluding hydrogens is 208 g/mol. The molecule has 0 aromatic rings. The third-order valence-electron chi connectivity index (χ3n) is 3.25. The van der Waals surface area contributed by atoms with Gasteiger partial charge >= 0.3 is 0 Å². The largest absolute Gasteiger partial charge is 0.392 e. The Morgan fingerprint density at radius 1 is 0.647 bits per heavy atom. The first-order valence-corrected chi connectivity index (χ1v) is 7.67. The van der Waals surface area contributed by atoms with Crippen molar-refractivity contribution in [2.75, 3.05) is 6.61 Å². The van der Waals surface area contributed by atoms with Crippen LogP contribution in [0.3, 0.4) is 0 Å². The van der Waals surface area contributed by atoms with E-state index < -0.39 is 0 Å². The van der Waals surface area contributed by atoms with Crippen molar-refractivity contribution in [3.8, 4) is 0 Å². The molecule has 0 bridgehead atoms. The van der Waals surface area contributed by atoms with Crippen molar-refractivity contribution >= 4 is 0 Å². The first kappa shape index (κ1) is 16.7. The van der Waals surface area contributed by atoms with Crippen molar-refractivity contribution in [1.82, 2.24) is 0 Å². The molecule has 0 aliphatic rings. The highest BCUT2D eigenvalue weighted by molar-refractivity contribution is 4.80. The SMILES string of the molecule is CCCCCCCCCCCCCC=CCO. The summed E-state index contributed by atoms with van der Waals surface area (Å²) in [6.45, 7) is 2.47. The van der Waals surface area contributed by atoms with Crippen molar-refractivity contribution in [3.05, 3.63) is 12.2 Å². The molecule has 0 amide bonds. The quantitative estimate of drug-likeness (QED) is 0.345. The van der Waals surface area contributed by atoms with Gasteiger partial charge in [0, 0.05) is 0 Å². The highest BCUT2D eigenvalue weighted by atomic mass is 16.2. The summed E-state index contributed by atoms with van der Waals surface area (Å²) in [5.41, 5.74) is 0. The van der Waals surface area contributed by atoms with Crippen molar-refractivity contribution in [2.24, 2.45) is 0 Å². The summed E-state index contributed by atoms with van der Waals surface area (Å²) in [6.07, 6.45) is 20.5. The predicted molar refractivity (Wildman–Crippen MR) is 77.3 cm³/mol. The van der Waals surface area contributed by atoms with E-state index in [1.165, 1.54) is 70.6 Å². The zero-order valence-corrected chi connectivity index (χ0v) is 11.8. The number of aliphatic hydroxyl groups is 1. The summed E-state index contributed by atoms with van der Waals surface area (Å²) in [6, 6.07) is 0. The van der Waals surface area contributed by atoms with Crippen LogP contribution in [0.1, 0.15) is 84.0 Å². The summed E-state index contributed by atoms with van der Waals surface area (Å²) < 4.78 is 0. The lowest BCUT2D eigenvalue weighted by molar-refractivity contribution is 0.342. The van der Waals surface area contributed by atoms with Gasteiger partial charge in [-0.15, -0.1) is 0 Å². The average Bonchev–Trinajstić information content (AvgIpc) is 2.35. The van der Waals surface area contributed by atoms with Crippen LogP contribution < -0.4 is 0 Å². The van der Waals surface area contributed by atoms with E-state index >= 15 is 0 Å². The molecular formula is C16H32O. The fraction of sp³-hybridized carbons (Fsp3) is 0.875. The van der Waals surface area contributed by atoms with E-state index in [9.17, 15) is 0 Å². The van der Waals surface area contributed by atoms with Crippen LogP contribution in [0.25, 0.3) is 0 Å². The molecule has 0 aliphatic carbocycles. The molecule has 0 atom stereocenters. The second-order valence-corrected chi connectivity index (χ2v) is 4.98. The van der Waals surface area contributed by atoms with Crippen molar-refractivity contribution in [3.63, 3.8) is 0 Å². The van der Waals surface area contributed by atoms with Gasteiger partial charge < -0.3 is 5.11 Å². The monoisotopic (exact) mass is 240 g/mol. The van der Waals surface area contributed by atoms with Gasteiger partial charge in [-0.25, -0.2) is 0 Å². The zero-order valence-electron chi connectivity index (χ0n) is 11.8. The molecule has 0 spiro atoms. The highest BCUT2D eigenvalue weighted by Crippen LogP contribution is 2.11. The molecule has 1 nitrogen and oxygen atoms in total. The first-order valence-electron chi connectivity index (χ1n) is 7.67. The molecule has 0 aromatic carbocycles. The summed E-state index contributed by atoms with van der Waals surface area (Å²) in [7, 11) is 0. The molecule has 17 heavy (non-hydrogen) atoms. The second-order valence-electron chi connectivity index (χ2n) is 4.98. The van der Waals surface area contributed by atoms with E-state index in [4.69, 9.17) is 5.11 Å². The second kappa shape index (κ2) is 15.7. The fourth-order valence-electron chi connectivity index (χ4n) is 2.12. The lowest BCUT2D eigenvalue weighted by Crippen LogP contribution is -1.82. The van der Waals surface area contributed by atoms with E-state index in [0.717, 1.165) is 6.42 Å². The number of aliphatic hydroxyl groups excluding tert-OH is 1. The van der Waals surface area contributed by atoms with E-state index in [0.29, 0.717) is 0 Å². The van der Waals surface area contributed by atoms with Gasteiger partial charge in [-0.3, -0.25) is 0 Å². The summed E-state index contributed by atoms with van der Waals surface area (Å²) in [5, 5.41) is 8.56. The predicted octanol–water partition coefficient (Wildman–Crippen LogP) is 5.24. The fourth-order valence-corrected chi connectivity index (χ4v) is 2.12. The Hall–Kier alpha value is -0.300. The Labute approximate surface area is 108 Å². The molecule has 0 radical (unpaired) electrons. The van der Waals surface area contributed by atoms with E-state index in [1.807, 2.05) is 6.08 Å². The molecule has 1 heteroatoms. The molecule has 0 saturated heterocycles. The molecule has 0 fully saturated rings. The van der Waals surface area contributed by atoms with E-state index in [-0.39, 0.29) is 6.61 Å². The van der Waals surface area contributed by atoms with Gasteiger partial charge in [0.2, 0.25) is 0 Å². The highest BCUT2D eigenvalue weighted by Gasteiger charge is 1.92. The van der Waals surface area contributed by atoms with Gasteiger partial charge in [-0.1, -0.05) is 83.3 Å². The number of hydrogen-bond donors (Lipinski definition) is 1. The van der Waals surface area contributed by atoms with Gasteiger partial charge in [0.25, 0.3) is 0 Å². The van der Waals surface area contributed by atoms with Gasteiger partial charge in [0.15, 0.2) is 0 Å². The molecule has 0 aromatic heterocycles. The van der Waals surface area contributed by atoms with Crippen LogP contribution in [0.5, 0.6) is 0 Å². The van der Waals surface area contributed by atoms with Crippen molar-refractivity contribution < 1.29 is 5.11 Å². The van der Waals surface area contributed by atoms with Crippen LogP contribution in [-0.2, 0) is 0 Å². The normalized spacial score (nSPS) is 11.4. The van der Waals surface area contributed by atoms with E-state index in [1.54, 1.807) is 0 Å². The molecule has 0 aliphatic heterocycles. The minimum absolute atomic E-state index is 0.192. The molecule has 0 rings (SSSR count). The van der Waals surface area contributed by atoms with Gasteiger partial charge in [-0.05, 0) is 12.8 Å². The topological polar surface area (TPSA) is 20.2 Å². The third kappa shape index (κ3) is 15.7. The first-order chi connectivity index (χ1) is 8.41. The molecule has 0 heterocycles. The smallest absolute Gasteiger partial charge is 0.0612 e. The lowest BCUT2D eigenvalue weighted by Gasteiger charge is -2.01. The maximum absolute atomic E-state index is 8.56. The van der Waals surface area contributed by atoms with Crippen LogP contribution in [0.2, 0.25) is 0 Å². The zero-order chi connectivity index (χ0) is 12.6. The van der Waals surface area contributed by atoms with Gasteiger partial charge in [-0.2, -0.15) is 0 Å². The minimum atomic E-state index is 0.192. The standard InChI is InChI=1S/C16H32O/c1-2-3-4-5-6-7-8-9-10-11-12-13-14-15-16-17/h14-15,17H,2-13,16H2,1H3. The number of allylic oxidation sites excluding steroid dienone is 1. The Morgan fingerprint density at radius 2 is 1.12 bits per heavy atom. The van der Waals surface area contributed by atoms with Crippen LogP contribution >= 0.6 is 0 Å². The Balaban J connectivity index is 2.91. The maximum Gasteiger partial charge on any atom is 0.0612 e. The Morgan fingerprint density at radius 3 is 1.59 bits per heavy atom. The number of rotatable bonds is 13. The molecule has 0 unspecified atom stereocenters. The van der Waals surface area contributed by atoms with Crippen LogP contribution in [0.4, 0.5) is 0 Å². The summed E-state index contributed by atoms with van der Waals surface area (Å²) in [5.74, 6) is 0. The summed E-state index contributed by atoms with van der Waals surface area (Å²) in [4.78, 5) is 0. The van der Waals surface area contributed by atoms with Crippen molar-refractivity contribution in [1.29, 1.82) is 0 Å². The Kier molecular flexibility index (Phi) is 15.4. The lowest BCUT2D eigenvalue weighted by atomic mass is 10.1. The molecule has 1 N–H and O–H groups in total. The summed E-state index contributed by atoms with van der Waals surface area (Å²) >= 11 is 0. The molecule has 0 saturated carbocycles. The third-order valence-corrected chi connectivity index (χ3v) is 3.25. The number of hydrogen-bond acceptors (Lipinski definition) is 1. The number of unbranched alkanes of at least 4 members (excludes halogenated alkanes) is 11. The minimum Gasteiger partial charge on any atom is -0.392 e. The average molecular weight is 240 g/mol. The molecule has 102 valence electrons. The van der Waals surface area contributed by atoms with Gasteiger partial charge in [0.05, 0.1) is 6.61 Å². The van der Waals surface area contributed by atoms with Crippen LogP contribution in [-0.4, -0.2) is 11.7 Å². The Bertz CT molecular complexity index is 152. The van der Waals surface area contributed by atoms with Crippen molar-refractivity contribution in [2.45, 2.75) is 84.0 Å². The van der Waals surface area contributed by atoms with E-state index in [2.05, 4.69) is 13.0 Å².